The first-order chi connectivity index (χ1) is 8.83. The van der Waals surface area contributed by atoms with Crippen LogP contribution >= 0.6 is 11.8 Å². The third-order valence-electron chi connectivity index (χ3n) is 3.41. The molecule has 0 radical (unpaired) electrons. The molecule has 2 heterocycles. The van der Waals surface area contributed by atoms with E-state index < -0.39 is 0 Å². The second-order valence-corrected chi connectivity index (χ2v) is 6.16. The third-order valence-corrected chi connectivity index (χ3v) is 4.87. The Kier molecular flexibility index (Phi) is 5.32. The van der Waals surface area contributed by atoms with Crippen LogP contribution in [0.1, 0.15) is 44.2 Å². The van der Waals surface area contributed by atoms with Crippen molar-refractivity contribution in [3.05, 3.63) is 23.9 Å². The summed E-state index contributed by atoms with van der Waals surface area (Å²) >= 11 is 2.08. The smallest absolute Gasteiger partial charge is 0.128 e. The minimum absolute atomic E-state index is 0.351. The molecule has 0 aromatic carbocycles. The molecule has 4 heteroatoms. The number of nitrogens with zero attached hydrogens (tertiary/aromatic N) is 1. The second kappa shape index (κ2) is 7.00. The molecule has 2 atom stereocenters. The summed E-state index contributed by atoms with van der Waals surface area (Å²) in [5.74, 6) is 1.95. The van der Waals surface area contributed by atoms with Crippen LogP contribution in [-0.2, 0) is 0 Å². The van der Waals surface area contributed by atoms with Crippen LogP contribution in [0, 0.1) is 0 Å². The molecule has 1 aromatic heterocycles. The molecular weight excluding hydrogens is 242 g/mol. The normalized spacial score (nSPS) is 21.7. The predicted molar refractivity (Wildman–Crippen MR) is 79.8 cm³/mol. The third kappa shape index (κ3) is 3.39. The van der Waals surface area contributed by atoms with E-state index in [1.807, 2.05) is 6.07 Å². The van der Waals surface area contributed by atoms with Crippen LogP contribution in [0.25, 0.3) is 0 Å². The van der Waals surface area contributed by atoms with E-state index in [9.17, 15) is 0 Å². The van der Waals surface area contributed by atoms with Crippen molar-refractivity contribution in [3.8, 4) is 0 Å². The molecule has 3 nitrogen and oxygen atoms in total. The zero-order valence-corrected chi connectivity index (χ0v) is 11.9. The number of anilines is 1. The molecule has 1 saturated heterocycles. The Morgan fingerprint density at radius 2 is 2.44 bits per heavy atom. The summed E-state index contributed by atoms with van der Waals surface area (Å²) in [5, 5.41) is 4.29. The summed E-state index contributed by atoms with van der Waals surface area (Å²) in [5.41, 5.74) is 7.21. The lowest BCUT2D eigenvalue weighted by molar-refractivity contribution is 0.479. The SMILES string of the molecule is CCCNC(c1cccnc1N)C1CCCCS1. The zero-order valence-electron chi connectivity index (χ0n) is 11.1. The van der Waals surface area contributed by atoms with Gasteiger partial charge in [0.15, 0.2) is 0 Å². The first-order valence-corrected chi connectivity index (χ1v) is 7.93. The summed E-state index contributed by atoms with van der Waals surface area (Å²) in [6.45, 7) is 3.24. The predicted octanol–water partition coefficient (Wildman–Crippen LogP) is 2.99. The second-order valence-electron chi connectivity index (χ2n) is 4.81. The van der Waals surface area contributed by atoms with E-state index in [2.05, 4.69) is 35.1 Å². The van der Waals surface area contributed by atoms with Crippen LogP contribution in [0.2, 0.25) is 0 Å². The van der Waals surface area contributed by atoms with Crippen LogP contribution in [-0.4, -0.2) is 22.5 Å². The minimum Gasteiger partial charge on any atom is -0.383 e. The lowest BCUT2D eigenvalue weighted by atomic mass is 9.99. The summed E-state index contributed by atoms with van der Waals surface area (Å²) in [7, 11) is 0. The van der Waals surface area contributed by atoms with Gasteiger partial charge in [0.1, 0.15) is 5.82 Å². The number of hydrogen-bond donors (Lipinski definition) is 2. The highest BCUT2D eigenvalue weighted by Gasteiger charge is 2.26. The average Bonchev–Trinajstić information content (AvgIpc) is 2.42. The van der Waals surface area contributed by atoms with E-state index in [4.69, 9.17) is 5.73 Å². The van der Waals surface area contributed by atoms with Gasteiger partial charge in [-0.2, -0.15) is 11.8 Å². The Balaban J connectivity index is 2.15. The molecule has 2 unspecified atom stereocenters. The topological polar surface area (TPSA) is 50.9 Å². The molecule has 0 amide bonds. The minimum atomic E-state index is 0.351. The highest BCUT2D eigenvalue weighted by molar-refractivity contribution is 8.00. The fourth-order valence-corrected chi connectivity index (χ4v) is 3.91. The van der Waals surface area contributed by atoms with Crippen LogP contribution in [0.3, 0.4) is 0 Å². The van der Waals surface area contributed by atoms with Crippen molar-refractivity contribution in [2.75, 3.05) is 18.0 Å². The Labute approximate surface area is 114 Å². The number of rotatable bonds is 5. The van der Waals surface area contributed by atoms with Crippen molar-refractivity contribution in [3.63, 3.8) is 0 Å². The quantitative estimate of drug-likeness (QED) is 0.859. The van der Waals surface area contributed by atoms with Gasteiger partial charge in [-0.25, -0.2) is 4.98 Å². The molecule has 0 aliphatic carbocycles. The Morgan fingerprint density at radius 1 is 1.56 bits per heavy atom. The van der Waals surface area contributed by atoms with Crippen LogP contribution in [0.5, 0.6) is 0 Å². The van der Waals surface area contributed by atoms with Crippen molar-refractivity contribution >= 4 is 17.6 Å². The van der Waals surface area contributed by atoms with E-state index in [0.717, 1.165) is 13.0 Å². The van der Waals surface area contributed by atoms with E-state index in [1.165, 1.54) is 30.6 Å². The van der Waals surface area contributed by atoms with E-state index >= 15 is 0 Å². The molecule has 18 heavy (non-hydrogen) atoms. The van der Waals surface area contributed by atoms with Crippen molar-refractivity contribution in [1.82, 2.24) is 10.3 Å². The van der Waals surface area contributed by atoms with Crippen molar-refractivity contribution < 1.29 is 0 Å². The Hall–Kier alpha value is -0.740. The molecule has 2 rings (SSSR count). The molecular formula is C14H23N3S. The number of nitrogens with one attached hydrogen (secondary N) is 1. The summed E-state index contributed by atoms with van der Waals surface area (Å²) in [6, 6.07) is 4.45. The van der Waals surface area contributed by atoms with Gasteiger partial charge in [-0.15, -0.1) is 0 Å². The first-order valence-electron chi connectivity index (χ1n) is 6.88. The molecule has 1 aliphatic heterocycles. The number of thioether (sulfide) groups is 1. The maximum absolute atomic E-state index is 6.04. The van der Waals surface area contributed by atoms with Crippen molar-refractivity contribution in [2.45, 2.75) is 43.9 Å². The lowest BCUT2D eigenvalue weighted by Gasteiger charge is -2.31. The number of nitrogen functional groups attached to an aromatic ring is 1. The van der Waals surface area contributed by atoms with E-state index in [0.29, 0.717) is 17.1 Å². The van der Waals surface area contributed by atoms with Gasteiger partial charge in [-0.3, -0.25) is 0 Å². The number of hydrogen-bond acceptors (Lipinski definition) is 4. The highest BCUT2D eigenvalue weighted by Crippen LogP contribution is 2.36. The molecule has 1 aliphatic rings. The van der Waals surface area contributed by atoms with Gasteiger partial charge in [0.05, 0.1) is 0 Å². The van der Waals surface area contributed by atoms with Gasteiger partial charge >= 0.3 is 0 Å². The lowest BCUT2D eigenvalue weighted by Crippen LogP contribution is -2.33. The summed E-state index contributed by atoms with van der Waals surface area (Å²) in [6.07, 6.45) is 6.88. The molecule has 100 valence electrons. The van der Waals surface area contributed by atoms with E-state index in [-0.39, 0.29) is 0 Å². The van der Waals surface area contributed by atoms with Crippen molar-refractivity contribution in [2.24, 2.45) is 0 Å². The maximum atomic E-state index is 6.04. The van der Waals surface area contributed by atoms with Gasteiger partial charge < -0.3 is 11.1 Å². The van der Waals surface area contributed by atoms with Gasteiger partial charge in [0.25, 0.3) is 0 Å². The monoisotopic (exact) mass is 265 g/mol. The molecule has 0 saturated carbocycles. The van der Waals surface area contributed by atoms with Gasteiger partial charge in [0.2, 0.25) is 0 Å². The van der Waals surface area contributed by atoms with Crippen molar-refractivity contribution in [1.29, 1.82) is 0 Å². The average molecular weight is 265 g/mol. The van der Waals surface area contributed by atoms with Gasteiger partial charge in [-0.1, -0.05) is 19.4 Å². The fourth-order valence-electron chi connectivity index (χ4n) is 2.46. The van der Waals surface area contributed by atoms with Crippen LogP contribution < -0.4 is 11.1 Å². The molecule has 1 fully saturated rings. The van der Waals surface area contributed by atoms with Gasteiger partial charge in [0, 0.05) is 23.1 Å². The molecule has 3 N–H and O–H groups in total. The highest BCUT2D eigenvalue weighted by atomic mass is 32.2. The molecule has 0 spiro atoms. The summed E-state index contributed by atoms with van der Waals surface area (Å²) < 4.78 is 0. The van der Waals surface area contributed by atoms with Crippen LogP contribution in [0.15, 0.2) is 18.3 Å². The molecule has 1 aromatic rings. The van der Waals surface area contributed by atoms with Gasteiger partial charge in [-0.05, 0) is 37.6 Å². The molecule has 0 bridgehead atoms. The standard InChI is InChI=1S/C14H23N3S/c1-2-8-16-13(12-7-3-4-10-18-12)11-6-5-9-17-14(11)15/h5-6,9,12-13,16H,2-4,7-8,10H2,1H3,(H2,15,17). The van der Waals surface area contributed by atoms with E-state index in [1.54, 1.807) is 6.20 Å². The first kappa shape index (κ1) is 13.7. The number of nitrogens with two attached hydrogens (primary N) is 1. The maximum Gasteiger partial charge on any atom is 0.128 e. The Bertz CT molecular complexity index is 364. The number of aromatic nitrogens is 1. The zero-order chi connectivity index (χ0) is 12.8. The van der Waals surface area contributed by atoms with Crippen LogP contribution in [0.4, 0.5) is 5.82 Å². The largest absolute Gasteiger partial charge is 0.383 e. The summed E-state index contributed by atoms with van der Waals surface area (Å²) in [4.78, 5) is 4.23. The number of pyridine rings is 1. The fraction of sp³-hybridized carbons (Fsp3) is 0.643. The Morgan fingerprint density at radius 3 is 3.11 bits per heavy atom.